The third kappa shape index (κ3) is 2.11. The van der Waals surface area contributed by atoms with Crippen LogP contribution in [-0.2, 0) is 4.79 Å². The van der Waals surface area contributed by atoms with Crippen LogP contribution in [0.5, 0.6) is 0 Å². The minimum Gasteiger partial charge on any atom is -0.309 e. The summed E-state index contributed by atoms with van der Waals surface area (Å²) < 4.78 is 0. The van der Waals surface area contributed by atoms with Crippen LogP contribution in [0.15, 0.2) is 28.1 Å². The van der Waals surface area contributed by atoms with Crippen LogP contribution in [0.25, 0.3) is 0 Å². The van der Waals surface area contributed by atoms with Gasteiger partial charge in [-0.2, -0.15) is 5.26 Å². The summed E-state index contributed by atoms with van der Waals surface area (Å²) in [6.45, 7) is 0. The third-order valence-corrected chi connectivity index (χ3v) is 4.70. The van der Waals surface area contributed by atoms with Gasteiger partial charge in [0.2, 0.25) is 5.91 Å². The van der Waals surface area contributed by atoms with E-state index in [0.717, 1.165) is 9.91 Å². The standard InChI is InChI=1S/C12H12N2OS2/c1-14-11(15)6-8(10-4-3-5-17-10)9(7-13)12(14)16-2/h3-5,8H,6H2,1-2H3/t8-/m1/s1. The molecule has 2 rings (SSSR count). The van der Waals surface area contributed by atoms with E-state index in [-0.39, 0.29) is 11.8 Å². The van der Waals surface area contributed by atoms with E-state index < -0.39 is 0 Å². The molecule has 1 aliphatic rings. The van der Waals surface area contributed by atoms with Crippen LogP contribution in [0.3, 0.4) is 0 Å². The Balaban J connectivity index is 2.50. The molecule has 0 saturated heterocycles. The first-order valence-electron chi connectivity index (χ1n) is 5.17. The lowest BCUT2D eigenvalue weighted by Crippen LogP contribution is -2.32. The Kier molecular flexibility index (Phi) is 3.55. The van der Waals surface area contributed by atoms with Crippen LogP contribution in [-0.4, -0.2) is 24.1 Å². The average Bonchev–Trinajstić information content (AvgIpc) is 2.85. The highest BCUT2D eigenvalue weighted by Gasteiger charge is 2.32. The SMILES string of the molecule is CSC1=C(C#N)[C@H](c2cccs2)CC(=O)N1C. The fourth-order valence-electron chi connectivity index (χ4n) is 1.96. The number of amides is 1. The average molecular weight is 264 g/mol. The van der Waals surface area contributed by atoms with Crippen molar-refractivity contribution in [1.82, 2.24) is 4.90 Å². The predicted octanol–water partition coefficient (Wildman–Crippen LogP) is 2.79. The number of hydrogen-bond donors (Lipinski definition) is 0. The molecule has 0 aromatic carbocycles. The highest BCUT2D eigenvalue weighted by atomic mass is 32.2. The molecule has 17 heavy (non-hydrogen) atoms. The number of carbonyl (C=O) groups is 1. The molecule has 1 atom stereocenters. The second-order valence-electron chi connectivity index (χ2n) is 3.76. The van der Waals surface area contributed by atoms with Crippen LogP contribution in [0.2, 0.25) is 0 Å². The molecule has 0 fully saturated rings. The summed E-state index contributed by atoms with van der Waals surface area (Å²) in [5, 5.41) is 12.1. The molecule has 0 radical (unpaired) electrons. The molecule has 3 nitrogen and oxygen atoms in total. The summed E-state index contributed by atoms with van der Waals surface area (Å²) >= 11 is 3.06. The highest BCUT2D eigenvalue weighted by Crippen LogP contribution is 2.40. The second-order valence-corrected chi connectivity index (χ2v) is 5.53. The first-order chi connectivity index (χ1) is 8.19. The number of rotatable bonds is 2. The summed E-state index contributed by atoms with van der Waals surface area (Å²) in [5.41, 5.74) is 0.710. The van der Waals surface area contributed by atoms with Crippen LogP contribution in [0.1, 0.15) is 17.2 Å². The maximum atomic E-state index is 11.9. The van der Waals surface area contributed by atoms with Crippen molar-refractivity contribution in [3.63, 3.8) is 0 Å². The smallest absolute Gasteiger partial charge is 0.228 e. The summed E-state index contributed by atoms with van der Waals surface area (Å²) in [6.07, 6.45) is 2.29. The zero-order chi connectivity index (χ0) is 12.4. The highest BCUT2D eigenvalue weighted by molar-refractivity contribution is 8.02. The molecular weight excluding hydrogens is 252 g/mol. The largest absolute Gasteiger partial charge is 0.309 e. The summed E-state index contributed by atoms with van der Waals surface area (Å²) in [6, 6.07) is 6.21. The van der Waals surface area contributed by atoms with E-state index in [1.54, 1.807) is 23.3 Å². The first-order valence-corrected chi connectivity index (χ1v) is 7.27. The zero-order valence-electron chi connectivity index (χ0n) is 9.64. The Labute approximate surface area is 109 Å². The van der Waals surface area contributed by atoms with Gasteiger partial charge in [0, 0.05) is 24.3 Å². The molecule has 1 aromatic rings. The lowest BCUT2D eigenvalue weighted by Gasteiger charge is -2.30. The van der Waals surface area contributed by atoms with E-state index in [4.69, 9.17) is 0 Å². The van der Waals surface area contributed by atoms with Crippen molar-refractivity contribution in [3.05, 3.63) is 33.0 Å². The number of thiophene rings is 1. The van der Waals surface area contributed by atoms with Gasteiger partial charge in [0.1, 0.15) is 0 Å². The molecule has 0 spiro atoms. The molecule has 2 heterocycles. The van der Waals surface area contributed by atoms with Gasteiger partial charge in [-0.3, -0.25) is 4.79 Å². The number of nitrogens with zero attached hydrogens (tertiary/aromatic N) is 2. The Hall–Kier alpha value is -1.25. The number of thioether (sulfide) groups is 1. The first kappa shape index (κ1) is 12.2. The number of hydrogen-bond acceptors (Lipinski definition) is 4. The third-order valence-electron chi connectivity index (χ3n) is 2.84. The Morgan fingerprint density at radius 2 is 2.41 bits per heavy atom. The van der Waals surface area contributed by atoms with E-state index in [1.165, 1.54) is 11.8 Å². The van der Waals surface area contributed by atoms with E-state index >= 15 is 0 Å². The molecule has 1 aromatic heterocycles. The molecule has 5 heteroatoms. The monoisotopic (exact) mass is 264 g/mol. The zero-order valence-corrected chi connectivity index (χ0v) is 11.3. The maximum Gasteiger partial charge on any atom is 0.228 e. The Morgan fingerprint density at radius 1 is 1.65 bits per heavy atom. The minimum absolute atomic E-state index is 0.0638. The molecule has 1 amide bonds. The predicted molar refractivity (Wildman–Crippen MR) is 70.6 cm³/mol. The Morgan fingerprint density at radius 3 is 2.94 bits per heavy atom. The van der Waals surface area contributed by atoms with Crippen molar-refractivity contribution in [2.75, 3.05) is 13.3 Å². The van der Waals surface area contributed by atoms with Crippen LogP contribution >= 0.6 is 23.1 Å². The minimum atomic E-state index is -0.0638. The number of nitriles is 1. The van der Waals surface area contributed by atoms with E-state index in [9.17, 15) is 10.1 Å². The molecular formula is C12H12N2OS2. The van der Waals surface area contributed by atoms with Crippen LogP contribution < -0.4 is 0 Å². The number of allylic oxidation sites excluding steroid dienone is 1. The van der Waals surface area contributed by atoms with Crippen molar-refractivity contribution in [1.29, 1.82) is 5.26 Å². The van der Waals surface area contributed by atoms with E-state index in [2.05, 4.69) is 6.07 Å². The van der Waals surface area contributed by atoms with Gasteiger partial charge >= 0.3 is 0 Å². The lowest BCUT2D eigenvalue weighted by molar-refractivity contribution is -0.128. The van der Waals surface area contributed by atoms with Crippen molar-refractivity contribution in [3.8, 4) is 6.07 Å². The molecule has 88 valence electrons. The van der Waals surface area contributed by atoms with Crippen molar-refractivity contribution < 1.29 is 4.79 Å². The second kappa shape index (κ2) is 4.94. The van der Waals surface area contributed by atoms with Gasteiger partial charge in [0.05, 0.1) is 16.7 Å². The fraction of sp³-hybridized carbons (Fsp3) is 0.333. The van der Waals surface area contributed by atoms with Crippen molar-refractivity contribution >= 4 is 29.0 Å². The molecule has 0 unspecified atom stereocenters. The number of carbonyl (C=O) groups excluding carboxylic acids is 1. The topological polar surface area (TPSA) is 44.1 Å². The van der Waals surface area contributed by atoms with Crippen LogP contribution in [0.4, 0.5) is 0 Å². The maximum absolute atomic E-state index is 11.9. The van der Waals surface area contributed by atoms with Gasteiger partial charge in [-0.25, -0.2) is 0 Å². The van der Waals surface area contributed by atoms with Crippen molar-refractivity contribution in [2.24, 2.45) is 0 Å². The summed E-state index contributed by atoms with van der Waals surface area (Å²) in [4.78, 5) is 14.6. The lowest BCUT2D eigenvalue weighted by atomic mass is 9.92. The van der Waals surface area contributed by atoms with Gasteiger partial charge in [0.15, 0.2) is 0 Å². The van der Waals surface area contributed by atoms with E-state index in [0.29, 0.717) is 12.0 Å². The van der Waals surface area contributed by atoms with Gasteiger partial charge in [-0.05, 0) is 17.7 Å². The summed E-state index contributed by atoms with van der Waals surface area (Å²) in [7, 11) is 1.73. The summed E-state index contributed by atoms with van der Waals surface area (Å²) in [5.74, 6) is 0.0119. The molecule has 0 aliphatic carbocycles. The normalized spacial score (nSPS) is 20.6. The van der Waals surface area contributed by atoms with Gasteiger partial charge in [-0.15, -0.1) is 23.1 Å². The molecule has 1 aliphatic heterocycles. The molecule has 0 saturated carbocycles. The van der Waals surface area contributed by atoms with Gasteiger partial charge in [-0.1, -0.05) is 6.07 Å². The fourth-order valence-corrected chi connectivity index (χ4v) is 3.58. The van der Waals surface area contributed by atoms with Crippen molar-refractivity contribution in [2.45, 2.75) is 12.3 Å². The quantitative estimate of drug-likeness (QED) is 0.825. The van der Waals surface area contributed by atoms with Gasteiger partial charge < -0.3 is 4.90 Å². The molecule has 0 bridgehead atoms. The molecule has 0 N–H and O–H groups in total. The Bertz CT molecular complexity index is 499. The van der Waals surface area contributed by atoms with Crippen LogP contribution in [0, 0.1) is 11.3 Å². The van der Waals surface area contributed by atoms with E-state index in [1.807, 2.05) is 23.8 Å². The van der Waals surface area contributed by atoms with Gasteiger partial charge in [0.25, 0.3) is 0 Å².